The molecule has 0 N–H and O–H groups in total. The molecule has 6 heteroatoms. The molecular formula is C45H29N5O. The van der Waals surface area contributed by atoms with Crippen molar-refractivity contribution in [3.8, 4) is 28.7 Å². The average molecular weight is 656 g/mol. The van der Waals surface area contributed by atoms with Gasteiger partial charge in [-0.15, -0.1) is 0 Å². The van der Waals surface area contributed by atoms with E-state index in [4.69, 9.17) is 24.7 Å². The molecule has 0 aliphatic carbocycles. The van der Waals surface area contributed by atoms with Crippen molar-refractivity contribution in [2.45, 2.75) is 19.3 Å². The van der Waals surface area contributed by atoms with Gasteiger partial charge in [0.2, 0.25) is 5.95 Å². The highest BCUT2D eigenvalue weighted by Crippen LogP contribution is 2.55. The molecule has 6 nitrogen and oxygen atoms in total. The Morgan fingerprint density at radius 2 is 1.16 bits per heavy atom. The Bertz CT molecular complexity index is 3090. The van der Waals surface area contributed by atoms with Gasteiger partial charge >= 0.3 is 0 Å². The molecular weight excluding hydrogens is 627 g/mol. The van der Waals surface area contributed by atoms with Crippen molar-refractivity contribution >= 4 is 65.2 Å². The second-order valence-corrected chi connectivity index (χ2v) is 13.8. The number of ether oxygens (including phenoxy) is 1. The molecule has 6 aromatic carbocycles. The Kier molecular flexibility index (Phi) is 5.63. The van der Waals surface area contributed by atoms with E-state index in [2.05, 4.69) is 122 Å². The summed E-state index contributed by atoms with van der Waals surface area (Å²) in [4.78, 5) is 20.9. The summed E-state index contributed by atoms with van der Waals surface area (Å²) in [6.07, 6.45) is 3.69. The average Bonchev–Trinajstić information content (AvgIpc) is 3.54. The van der Waals surface area contributed by atoms with Crippen LogP contribution in [0.4, 0.5) is 0 Å². The minimum atomic E-state index is -0.457. The summed E-state index contributed by atoms with van der Waals surface area (Å²) in [5.74, 6) is 2.06. The van der Waals surface area contributed by atoms with Crippen molar-refractivity contribution in [3.63, 3.8) is 0 Å². The van der Waals surface area contributed by atoms with Gasteiger partial charge in [0.05, 0.1) is 16.9 Å². The van der Waals surface area contributed by atoms with Crippen LogP contribution in [0.5, 0.6) is 11.5 Å². The predicted octanol–water partition coefficient (Wildman–Crippen LogP) is 11.1. The first-order chi connectivity index (χ1) is 25.1. The maximum atomic E-state index is 6.99. The van der Waals surface area contributed by atoms with Gasteiger partial charge in [0.25, 0.3) is 0 Å². The molecule has 0 unspecified atom stereocenters. The summed E-state index contributed by atoms with van der Waals surface area (Å²) in [6.45, 7) is 4.47. The lowest BCUT2D eigenvalue weighted by atomic mass is 9.75. The lowest BCUT2D eigenvalue weighted by molar-refractivity contribution is 0.415. The highest BCUT2D eigenvalue weighted by atomic mass is 16.5. The molecule has 0 fully saturated rings. The molecule has 10 aromatic rings. The van der Waals surface area contributed by atoms with E-state index in [1.165, 1.54) is 5.39 Å². The van der Waals surface area contributed by atoms with E-state index < -0.39 is 5.41 Å². The molecule has 240 valence electrons. The van der Waals surface area contributed by atoms with Gasteiger partial charge in [-0.05, 0) is 65.0 Å². The molecule has 0 saturated heterocycles. The second-order valence-electron chi connectivity index (χ2n) is 13.8. The molecule has 0 bridgehead atoms. The lowest BCUT2D eigenvalue weighted by Crippen LogP contribution is -2.26. The van der Waals surface area contributed by atoms with Crippen LogP contribution in [0.2, 0.25) is 0 Å². The third-order valence-electron chi connectivity index (χ3n) is 10.6. The zero-order valence-corrected chi connectivity index (χ0v) is 27.9. The summed E-state index contributed by atoms with van der Waals surface area (Å²) in [5, 5.41) is 9.88. The van der Waals surface area contributed by atoms with Gasteiger partial charge in [0, 0.05) is 50.5 Å². The normalized spacial score (nSPS) is 13.6. The van der Waals surface area contributed by atoms with E-state index in [0.717, 1.165) is 93.8 Å². The first kappa shape index (κ1) is 28.2. The van der Waals surface area contributed by atoms with Crippen LogP contribution in [-0.2, 0) is 5.41 Å². The van der Waals surface area contributed by atoms with E-state index in [0.29, 0.717) is 5.95 Å². The number of rotatable bonds is 2. The summed E-state index contributed by atoms with van der Waals surface area (Å²) in [7, 11) is 0. The summed E-state index contributed by atoms with van der Waals surface area (Å²) in [5.41, 5.74) is 5.98. The summed E-state index contributed by atoms with van der Waals surface area (Å²) >= 11 is 0. The Morgan fingerprint density at radius 3 is 1.94 bits per heavy atom. The summed E-state index contributed by atoms with van der Waals surface area (Å²) < 4.78 is 9.12. The predicted molar refractivity (Wildman–Crippen MR) is 206 cm³/mol. The minimum Gasteiger partial charge on any atom is -0.453 e. The van der Waals surface area contributed by atoms with E-state index in [1.54, 1.807) is 0 Å². The largest absolute Gasteiger partial charge is 0.453 e. The molecule has 4 aromatic heterocycles. The fraction of sp³-hybridized carbons (Fsp3) is 0.0667. The quantitative estimate of drug-likeness (QED) is 0.173. The highest BCUT2D eigenvalue weighted by Gasteiger charge is 2.40. The molecule has 1 aliphatic heterocycles. The monoisotopic (exact) mass is 655 g/mol. The Labute approximate surface area is 292 Å². The van der Waals surface area contributed by atoms with Crippen molar-refractivity contribution in [3.05, 3.63) is 151 Å². The number of aromatic nitrogens is 5. The highest BCUT2D eigenvalue weighted by molar-refractivity contribution is 6.27. The van der Waals surface area contributed by atoms with Crippen LogP contribution in [-0.4, -0.2) is 24.5 Å². The van der Waals surface area contributed by atoms with Crippen molar-refractivity contribution in [2.24, 2.45) is 0 Å². The standard InChI is InChI=1S/C45H29N5O/c1-45(2)37-31-20-10-9-19-30(31)35-33-22-12-25-47-43(33)50(40(35)41(37)51-34-23-13-24-46-42(34)45)44-48-38(26-14-4-3-5-15-26)36-29-18-8-6-16-27(29)28-17-7-11-21-32(28)39(36)49-44/h3-25H,1-2H3. The first-order valence-corrected chi connectivity index (χ1v) is 17.2. The maximum absolute atomic E-state index is 6.99. The zero-order chi connectivity index (χ0) is 33.8. The lowest BCUT2D eigenvalue weighted by Gasteiger charge is -2.35. The van der Waals surface area contributed by atoms with Crippen LogP contribution >= 0.6 is 0 Å². The topological polar surface area (TPSA) is 65.7 Å². The molecule has 0 saturated carbocycles. The SMILES string of the molecule is CC1(C)c2ncccc2Oc2c1c1ccccc1c1c3cccnc3n(-c3nc(-c4ccccc4)c4c5ccccc5c5ccccc5c4n3)c21. The van der Waals surface area contributed by atoms with Gasteiger partial charge in [0.15, 0.2) is 5.75 Å². The molecule has 51 heavy (non-hydrogen) atoms. The van der Waals surface area contributed by atoms with Crippen LogP contribution in [0.25, 0.3) is 82.4 Å². The fourth-order valence-corrected chi connectivity index (χ4v) is 8.51. The van der Waals surface area contributed by atoms with Crippen molar-refractivity contribution in [2.75, 3.05) is 0 Å². The number of hydrogen-bond donors (Lipinski definition) is 0. The smallest absolute Gasteiger partial charge is 0.237 e. The van der Waals surface area contributed by atoms with E-state index in [9.17, 15) is 0 Å². The maximum Gasteiger partial charge on any atom is 0.237 e. The third kappa shape index (κ3) is 3.76. The van der Waals surface area contributed by atoms with Gasteiger partial charge in [-0.1, -0.05) is 103 Å². The van der Waals surface area contributed by atoms with Crippen LogP contribution < -0.4 is 4.74 Å². The van der Waals surface area contributed by atoms with Gasteiger partial charge in [-0.25, -0.2) is 15.0 Å². The first-order valence-electron chi connectivity index (χ1n) is 17.2. The molecule has 0 atom stereocenters. The van der Waals surface area contributed by atoms with Crippen LogP contribution in [0.1, 0.15) is 25.1 Å². The van der Waals surface area contributed by atoms with Gasteiger partial charge in [-0.2, -0.15) is 0 Å². The number of hydrogen-bond acceptors (Lipinski definition) is 5. The molecule has 0 amide bonds. The minimum absolute atomic E-state index is 0.457. The molecule has 5 heterocycles. The number of fused-ring (bicyclic) bond motifs is 15. The van der Waals surface area contributed by atoms with E-state index >= 15 is 0 Å². The van der Waals surface area contributed by atoms with Crippen LogP contribution in [0.15, 0.2) is 140 Å². The Morgan fingerprint density at radius 1 is 0.549 bits per heavy atom. The van der Waals surface area contributed by atoms with Gasteiger partial charge in [-0.3, -0.25) is 9.55 Å². The molecule has 0 spiro atoms. The zero-order valence-electron chi connectivity index (χ0n) is 27.9. The molecule has 11 rings (SSSR count). The van der Waals surface area contributed by atoms with Gasteiger partial charge < -0.3 is 4.74 Å². The van der Waals surface area contributed by atoms with Crippen molar-refractivity contribution < 1.29 is 4.74 Å². The Balaban J connectivity index is 1.38. The van der Waals surface area contributed by atoms with E-state index in [1.807, 2.05) is 36.7 Å². The van der Waals surface area contributed by atoms with Crippen molar-refractivity contribution in [1.29, 1.82) is 0 Å². The van der Waals surface area contributed by atoms with Gasteiger partial charge in [0.1, 0.15) is 16.9 Å². The van der Waals surface area contributed by atoms with Crippen molar-refractivity contribution in [1.82, 2.24) is 24.5 Å². The third-order valence-corrected chi connectivity index (χ3v) is 10.6. The summed E-state index contributed by atoms with van der Waals surface area (Å²) in [6, 6.07) is 44.3. The van der Waals surface area contributed by atoms with Crippen LogP contribution in [0, 0.1) is 0 Å². The van der Waals surface area contributed by atoms with E-state index in [-0.39, 0.29) is 0 Å². The molecule has 1 aliphatic rings. The fourth-order valence-electron chi connectivity index (χ4n) is 8.51. The second kappa shape index (κ2) is 10.2. The van der Waals surface area contributed by atoms with Crippen LogP contribution in [0.3, 0.4) is 0 Å². The number of pyridine rings is 2. The Hall–Kier alpha value is -6.66. The number of benzene rings is 6. The molecule has 0 radical (unpaired) electrons. The number of nitrogens with zero attached hydrogens (tertiary/aromatic N) is 5.